The summed E-state index contributed by atoms with van der Waals surface area (Å²) in [5.41, 5.74) is 2.10. The Bertz CT molecular complexity index is 553. The van der Waals surface area contributed by atoms with Crippen molar-refractivity contribution in [2.75, 3.05) is 6.61 Å². The summed E-state index contributed by atoms with van der Waals surface area (Å²) in [6.45, 7) is 5.13. The maximum absolute atomic E-state index is 9.07. The number of nitrogens with zero attached hydrogens (tertiary/aromatic N) is 1. The summed E-state index contributed by atoms with van der Waals surface area (Å²) < 4.78 is 5.80. The molecule has 1 heterocycles. The molecule has 4 nitrogen and oxygen atoms in total. The molecule has 112 valence electrons. The number of nitrogens with one attached hydrogen (secondary N) is 1. The van der Waals surface area contributed by atoms with Crippen LogP contribution in [0.3, 0.4) is 0 Å². The van der Waals surface area contributed by atoms with Gasteiger partial charge in [0, 0.05) is 31.5 Å². The first kappa shape index (κ1) is 15.5. The molecule has 1 aromatic carbocycles. The number of benzene rings is 1. The summed E-state index contributed by atoms with van der Waals surface area (Å²) in [5.74, 6) is 1.31. The monoisotopic (exact) mass is 286 g/mol. The van der Waals surface area contributed by atoms with Crippen LogP contribution in [-0.2, 0) is 13.0 Å². The van der Waals surface area contributed by atoms with Crippen LogP contribution in [0.1, 0.15) is 25.0 Å². The Balaban J connectivity index is 2.03. The number of aliphatic hydroxyl groups is 1. The summed E-state index contributed by atoms with van der Waals surface area (Å²) >= 11 is 0. The fourth-order valence-corrected chi connectivity index (χ4v) is 1.94. The van der Waals surface area contributed by atoms with E-state index in [-0.39, 0.29) is 6.61 Å². The summed E-state index contributed by atoms with van der Waals surface area (Å²) in [5, 5.41) is 12.4. The SMILES string of the molecule is CC(C)NCc1ccc(Oc2ccccc2CCO)nc1. The van der Waals surface area contributed by atoms with Gasteiger partial charge in [-0.05, 0) is 23.6 Å². The second-order valence-electron chi connectivity index (χ2n) is 5.22. The fourth-order valence-electron chi connectivity index (χ4n) is 1.94. The second-order valence-corrected chi connectivity index (χ2v) is 5.22. The zero-order valence-electron chi connectivity index (χ0n) is 12.5. The predicted molar refractivity (Wildman–Crippen MR) is 83.5 cm³/mol. The highest BCUT2D eigenvalue weighted by Crippen LogP contribution is 2.24. The van der Waals surface area contributed by atoms with Crippen molar-refractivity contribution in [2.45, 2.75) is 32.9 Å². The molecule has 0 unspecified atom stereocenters. The first-order chi connectivity index (χ1) is 10.2. The van der Waals surface area contributed by atoms with Crippen LogP contribution in [0.25, 0.3) is 0 Å². The first-order valence-electron chi connectivity index (χ1n) is 7.24. The van der Waals surface area contributed by atoms with Crippen LogP contribution in [0, 0.1) is 0 Å². The lowest BCUT2D eigenvalue weighted by Crippen LogP contribution is -2.21. The molecule has 0 spiro atoms. The van der Waals surface area contributed by atoms with Gasteiger partial charge in [0.25, 0.3) is 0 Å². The van der Waals surface area contributed by atoms with Gasteiger partial charge in [0.2, 0.25) is 5.88 Å². The topological polar surface area (TPSA) is 54.4 Å². The maximum Gasteiger partial charge on any atom is 0.219 e. The second kappa shape index (κ2) is 7.76. The summed E-state index contributed by atoms with van der Waals surface area (Å²) in [6.07, 6.45) is 2.39. The van der Waals surface area contributed by atoms with E-state index in [9.17, 15) is 0 Å². The number of rotatable bonds is 7. The Morgan fingerprint density at radius 2 is 2.00 bits per heavy atom. The summed E-state index contributed by atoms with van der Waals surface area (Å²) in [4.78, 5) is 4.33. The number of aliphatic hydroxyl groups excluding tert-OH is 1. The Kier molecular flexibility index (Phi) is 5.72. The zero-order chi connectivity index (χ0) is 15.1. The van der Waals surface area contributed by atoms with Crippen molar-refractivity contribution >= 4 is 0 Å². The van der Waals surface area contributed by atoms with E-state index in [1.165, 1.54) is 0 Å². The third-order valence-corrected chi connectivity index (χ3v) is 3.08. The zero-order valence-corrected chi connectivity index (χ0v) is 12.5. The Hall–Kier alpha value is -1.91. The highest BCUT2D eigenvalue weighted by Gasteiger charge is 2.05. The minimum Gasteiger partial charge on any atom is -0.439 e. The predicted octanol–water partition coefficient (Wildman–Crippen LogP) is 2.91. The standard InChI is InChI=1S/C17H22N2O2/c1-13(2)18-11-14-7-8-17(19-12-14)21-16-6-4-3-5-15(16)9-10-20/h3-8,12-13,18,20H,9-11H2,1-2H3. The van der Waals surface area contributed by atoms with Crippen LogP contribution < -0.4 is 10.1 Å². The molecule has 2 N–H and O–H groups in total. The lowest BCUT2D eigenvalue weighted by molar-refractivity contribution is 0.297. The third-order valence-electron chi connectivity index (χ3n) is 3.08. The molecule has 0 bridgehead atoms. The van der Waals surface area contributed by atoms with Crippen molar-refractivity contribution in [1.82, 2.24) is 10.3 Å². The number of para-hydroxylation sites is 1. The number of hydrogen-bond acceptors (Lipinski definition) is 4. The van der Waals surface area contributed by atoms with Crippen molar-refractivity contribution in [3.05, 3.63) is 53.7 Å². The smallest absolute Gasteiger partial charge is 0.219 e. The van der Waals surface area contributed by atoms with Crippen molar-refractivity contribution in [1.29, 1.82) is 0 Å². The maximum atomic E-state index is 9.07. The van der Waals surface area contributed by atoms with Crippen molar-refractivity contribution in [3.63, 3.8) is 0 Å². The van der Waals surface area contributed by atoms with Crippen molar-refractivity contribution < 1.29 is 9.84 Å². The van der Waals surface area contributed by atoms with Gasteiger partial charge in [-0.2, -0.15) is 0 Å². The highest BCUT2D eigenvalue weighted by molar-refractivity contribution is 5.36. The largest absolute Gasteiger partial charge is 0.439 e. The Morgan fingerprint density at radius 3 is 2.67 bits per heavy atom. The van der Waals surface area contributed by atoms with Gasteiger partial charge < -0.3 is 15.2 Å². The number of ether oxygens (including phenoxy) is 1. The van der Waals surface area contributed by atoms with Gasteiger partial charge in [-0.1, -0.05) is 38.1 Å². The van der Waals surface area contributed by atoms with E-state index in [4.69, 9.17) is 9.84 Å². The molecule has 0 saturated heterocycles. The van der Waals surface area contributed by atoms with Crippen LogP contribution in [0.5, 0.6) is 11.6 Å². The van der Waals surface area contributed by atoms with E-state index in [2.05, 4.69) is 24.1 Å². The van der Waals surface area contributed by atoms with Crippen LogP contribution in [0.15, 0.2) is 42.6 Å². The highest BCUT2D eigenvalue weighted by atomic mass is 16.5. The molecule has 0 aliphatic carbocycles. The van der Waals surface area contributed by atoms with E-state index >= 15 is 0 Å². The Morgan fingerprint density at radius 1 is 1.19 bits per heavy atom. The van der Waals surface area contributed by atoms with Crippen LogP contribution in [0.4, 0.5) is 0 Å². The van der Waals surface area contributed by atoms with Gasteiger partial charge in [-0.25, -0.2) is 4.98 Å². The molecule has 0 aliphatic heterocycles. The van der Waals surface area contributed by atoms with E-state index in [0.29, 0.717) is 18.3 Å². The van der Waals surface area contributed by atoms with Gasteiger partial charge in [-0.3, -0.25) is 0 Å². The summed E-state index contributed by atoms with van der Waals surface area (Å²) in [7, 11) is 0. The normalized spacial score (nSPS) is 10.9. The molecule has 1 aromatic heterocycles. The van der Waals surface area contributed by atoms with Crippen LogP contribution >= 0.6 is 0 Å². The van der Waals surface area contributed by atoms with Crippen LogP contribution in [-0.4, -0.2) is 22.7 Å². The molecule has 0 radical (unpaired) electrons. The van der Waals surface area contributed by atoms with E-state index in [1.54, 1.807) is 0 Å². The molecular formula is C17H22N2O2. The van der Waals surface area contributed by atoms with Gasteiger partial charge in [0.15, 0.2) is 0 Å². The molecule has 0 amide bonds. The third kappa shape index (κ3) is 4.85. The molecular weight excluding hydrogens is 264 g/mol. The molecule has 2 rings (SSSR count). The van der Waals surface area contributed by atoms with E-state index in [0.717, 1.165) is 23.4 Å². The lowest BCUT2D eigenvalue weighted by atomic mass is 10.1. The van der Waals surface area contributed by atoms with Gasteiger partial charge >= 0.3 is 0 Å². The molecule has 4 heteroatoms. The van der Waals surface area contributed by atoms with Crippen LogP contribution in [0.2, 0.25) is 0 Å². The van der Waals surface area contributed by atoms with Gasteiger partial charge in [0.05, 0.1) is 0 Å². The minimum atomic E-state index is 0.105. The van der Waals surface area contributed by atoms with E-state index < -0.39 is 0 Å². The molecule has 0 fully saturated rings. The summed E-state index contributed by atoms with van der Waals surface area (Å²) in [6, 6.07) is 12.0. The average Bonchev–Trinajstić information content (AvgIpc) is 2.49. The molecule has 2 aromatic rings. The molecule has 21 heavy (non-hydrogen) atoms. The number of hydrogen-bond donors (Lipinski definition) is 2. The lowest BCUT2D eigenvalue weighted by Gasteiger charge is -2.11. The first-order valence-corrected chi connectivity index (χ1v) is 7.24. The van der Waals surface area contributed by atoms with Gasteiger partial charge in [-0.15, -0.1) is 0 Å². The quantitative estimate of drug-likeness (QED) is 0.821. The number of aromatic nitrogens is 1. The minimum absolute atomic E-state index is 0.105. The number of pyridine rings is 1. The molecule has 0 saturated carbocycles. The Labute approximate surface area is 125 Å². The average molecular weight is 286 g/mol. The molecule has 0 aliphatic rings. The van der Waals surface area contributed by atoms with Crippen molar-refractivity contribution in [3.8, 4) is 11.6 Å². The van der Waals surface area contributed by atoms with Crippen molar-refractivity contribution in [2.24, 2.45) is 0 Å². The fraction of sp³-hybridized carbons (Fsp3) is 0.353. The van der Waals surface area contributed by atoms with Gasteiger partial charge in [0.1, 0.15) is 5.75 Å². The van der Waals surface area contributed by atoms with E-state index in [1.807, 2.05) is 42.6 Å². The molecule has 0 atom stereocenters.